The van der Waals surface area contributed by atoms with Gasteiger partial charge in [-0.05, 0) is 37.1 Å². The number of hydrogen-bond acceptors (Lipinski definition) is 4. The fraction of sp³-hybridized carbons (Fsp3) is 0.333. The van der Waals surface area contributed by atoms with Crippen LogP contribution in [-0.2, 0) is 0 Å². The zero-order chi connectivity index (χ0) is 8.93. The van der Waals surface area contributed by atoms with Crippen LogP contribution < -0.4 is 5.32 Å². The van der Waals surface area contributed by atoms with E-state index in [2.05, 4.69) is 14.7 Å². The predicted octanol–water partition coefficient (Wildman–Crippen LogP) is 1.67. The van der Waals surface area contributed by atoms with Crippen LogP contribution in [0.1, 0.15) is 6.42 Å². The molecular formula is C9H11N3S. The summed E-state index contributed by atoms with van der Waals surface area (Å²) in [6.07, 6.45) is 6.81. The first-order valence-electron chi connectivity index (χ1n) is 4.32. The minimum atomic E-state index is 1.13. The van der Waals surface area contributed by atoms with E-state index >= 15 is 0 Å². The molecular weight excluding hydrogens is 182 g/mol. The second-order valence-electron chi connectivity index (χ2n) is 2.84. The summed E-state index contributed by atoms with van der Waals surface area (Å²) in [6, 6.07) is 1.97. The number of nitrogens with zero attached hydrogens (tertiary/aromatic N) is 2. The highest BCUT2D eigenvalue weighted by Gasteiger charge is 1.92. The molecule has 1 aliphatic heterocycles. The Balaban J connectivity index is 0.000000137. The number of aromatic nitrogens is 2. The number of rotatable bonds is 0. The van der Waals surface area contributed by atoms with Crippen molar-refractivity contribution < 1.29 is 0 Å². The highest BCUT2D eigenvalue weighted by Crippen LogP contribution is 2.14. The van der Waals surface area contributed by atoms with Gasteiger partial charge in [-0.25, -0.2) is 0 Å². The molecule has 0 saturated carbocycles. The normalized spacial score (nSPS) is 14.5. The van der Waals surface area contributed by atoms with E-state index in [1.54, 1.807) is 6.20 Å². The molecule has 0 bridgehead atoms. The van der Waals surface area contributed by atoms with Gasteiger partial charge < -0.3 is 5.32 Å². The van der Waals surface area contributed by atoms with Crippen molar-refractivity contribution in [3.8, 4) is 0 Å². The topological polar surface area (TPSA) is 37.8 Å². The van der Waals surface area contributed by atoms with Crippen LogP contribution in [0.5, 0.6) is 0 Å². The maximum Gasteiger partial charge on any atom is 0.0580 e. The third-order valence-corrected chi connectivity index (χ3v) is 2.64. The average molecular weight is 193 g/mol. The summed E-state index contributed by atoms with van der Waals surface area (Å²) in [4.78, 5) is 3.95. The van der Waals surface area contributed by atoms with Crippen molar-refractivity contribution >= 4 is 21.6 Å². The van der Waals surface area contributed by atoms with Gasteiger partial charge in [-0.1, -0.05) is 0 Å². The zero-order valence-corrected chi connectivity index (χ0v) is 8.05. The van der Waals surface area contributed by atoms with Crippen molar-refractivity contribution in [1.82, 2.24) is 14.7 Å². The Morgan fingerprint density at radius 1 is 1.31 bits per heavy atom. The standard InChI is InChI=1S/C6H4N2S.C3H7N/c1-2-7-3-5-4-8-9-6(1)5;1-2-4-3-1/h1-4H;4H,1-3H2. The van der Waals surface area contributed by atoms with Gasteiger partial charge in [0.1, 0.15) is 0 Å². The van der Waals surface area contributed by atoms with Gasteiger partial charge in [0.15, 0.2) is 0 Å². The van der Waals surface area contributed by atoms with Crippen LogP contribution >= 0.6 is 11.5 Å². The van der Waals surface area contributed by atoms with Gasteiger partial charge in [0.25, 0.3) is 0 Å². The van der Waals surface area contributed by atoms with Gasteiger partial charge in [0, 0.05) is 17.8 Å². The second kappa shape index (κ2) is 4.30. The van der Waals surface area contributed by atoms with E-state index in [1.165, 1.54) is 35.7 Å². The van der Waals surface area contributed by atoms with Gasteiger partial charge in [0.2, 0.25) is 0 Å². The summed E-state index contributed by atoms with van der Waals surface area (Å²) < 4.78 is 5.20. The third-order valence-electron chi connectivity index (χ3n) is 1.86. The fourth-order valence-corrected chi connectivity index (χ4v) is 1.50. The SMILES string of the molecule is C1CNC1.c1cc2sncc2cn1. The Hall–Kier alpha value is -1.00. The number of pyridine rings is 1. The van der Waals surface area contributed by atoms with E-state index in [9.17, 15) is 0 Å². The maximum atomic E-state index is 4.00. The molecule has 2 aromatic heterocycles. The highest BCUT2D eigenvalue weighted by atomic mass is 32.1. The molecule has 1 N–H and O–H groups in total. The number of nitrogens with one attached hydrogen (secondary N) is 1. The minimum absolute atomic E-state index is 1.13. The Bertz CT molecular complexity index is 333. The van der Waals surface area contributed by atoms with E-state index in [0.29, 0.717) is 0 Å². The van der Waals surface area contributed by atoms with Crippen molar-refractivity contribution in [2.75, 3.05) is 13.1 Å². The van der Waals surface area contributed by atoms with Gasteiger partial charge >= 0.3 is 0 Å². The molecule has 68 valence electrons. The summed E-state index contributed by atoms with van der Waals surface area (Å²) in [6.45, 7) is 2.50. The van der Waals surface area contributed by atoms with E-state index < -0.39 is 0 Å². The molecule has 0 radical (unpaired) electrons. The fourth-order valence-electron chi connectivity index (χ4n) is 0.891. The molecule has 13 heavy (non-hydrogen) atoms. The lowest BCUT2D eigenvalue weighted by Crippen LogP contribution is -2.29. The Kier molecular flexibility index (Phi) is 2.84. The summed E-state index contributed by atoms with van der Waals surface area (Å²) >= 11 is 1.50. The summed E-state index contributed by atoms with van der Waals surface area (Å²) in [5, 5.41) is 4.24. The summed E-state index contributed by atoms with van der Waals surface area (Å²) in [5.41, 5.74) is 0. The lowest BCUT2D eigenvalue weighted by Gasteiger charge is -2.09. The summed E-state index contributed by atoms with van der Waals surface area (Å²) in [7, 11) is 0. The minimum Gasteiger partial charge on any atom is -0.317 e. The highest BCUT2D eigenvalue weighted by molar-refractivity contribution is 7.13. The largest absolute Gasteiger partial charge is 0.317 e. The van der Waals surface area contributed by atoms with E-state index in [1.807, 2.05) is 18.5 Å². The molecule has 4 heteroatoms. The van der Waals surface area contributed by atoms with Gasteiger partial charge in [0.05, 0.1) is 10.9 Å². The lowest BCUT2D eigenvalue weighted by atomic mass is 10.3. The molecule has 2 aromatic rings. The van der Waals surface area contributed by atoms with E-state index in [0.717, 1.165) is 5.39 Å². The van der Waals surface area contributed by atoms with Crippen molar-refractivity contribution in [3.63, 3.8) is 0 Å². The monoisotopic (exact) mass is 193 g/mol. The van der Waals surface area contributed by atoms with Crippen LogP contribution in [0.3, 0.4) is 0 Å². The van der Waals surface area contributed by atoms with Crippen LogP contribution in [0.2, 0.25) is 0 Å². The predicted molar refractivity (Wildman–Crippen MR) is 54.9 cm³/mol. The van der Waals surface area contributed by atoms with Crippen molar-refractivity contribution in [3.05, 3.63) is 24.7 Å². The molecule has 0 unspecified atom stereocenters. The molecule has 1 fully saturated rings. The molecule has 1 aliphatic rings. The van der Waals surface area contributed by atoms with Crippen molar-refractivity contribution in [1.29, 1.82) is 0 Å². The lowest BCUT2D eigenvalue weighted by molar-refractivity contribution is 0.527. The smallest absolute Gasteiger partial charge is 0.0580 e. The van der Waals surface area contributed by atoms with Gasteiger partial charge in [-0.15, -0.1) is 0 Å². The van der Waals surface area contributed by atoms with E-state index in [-0.39, 0.29) is 0 Å². The quantitative estimate of drug-likeness (QED) is 0.691. The molecule has 3 heterocycles. The Morgan fingerprint density at radius 2 is 2.08 bits per heavy atom. The van der Waals surface area contributed by atoms with Crippen LogP contribution in [0.25, 0.3) is 10.1 Å². The van der Waals surface area contributed by atoms with Gasteiger partial charge in [-0.2, -0.15) is 4.37 Å². The van der Waals surface area contributed by atoms with Crippen molar-refractivity contribution in [2.45, 2.75) is 6.42 Å². The molecule has 0 spiro atoms. The van der Waals surface area contributed by atoms with E-state index in [4.69, 9.17) is 0 Å². The zero-order valence-electron chi connectivity index (χ0n) is 7.23. The molecule has 0 aromatic carbocycles. The maximum absolute atomic E-state index is 4.00. The molecule has 0 atom stereocenters. The van der Waals surface area contributed by atoms with Gasteiger partial charge in [-0.3, -0.25) is 4.98 Å². The summed E-state index contributed by atoms with van der Waals surface area (Å²) in [5.74, 6) is 0. The Morgan fingerprint density at radius 3 is 2.69 bits per heavy atom. The van der Waals surface area contributed by atoms with Crippen LogP contribution in [0.15, 0.2) is 24.7 Å². The number of hydrogen-bond donors (Lipinski definition) is 1. The second-order valence-corrected chi connectivity index (χ2v) is 3.68. The molecule has 3 rings (SSSR count). The van der Waals surface area contributed by atoms with Crippen LogP contribution in [0.4, 0.5) is 0 Å². The molecule has 3 nitrogen and oxygen atoms in total. The molecule has 1 saturated heterocycles. The Labute approximate surface area is 81.0 Å². The average Bonchev–Trinajstić information content (AvgIpc) is 2.47. The van der Waals surface area contributed by atoms with Crippen molar-refractivity contribution in [2.24, 2.45) is 0 Å². The molecule has 0 amide bonds. The first kappa shape index (κ1) is 8.59. The van der Waals surface area contributed by atoms with Crippen LogP contribution in [0, 0.1) is 0 Å². The third kappa shape index (κ3) is 2.23. The molecule has 0 aliphatic carbocycles. The number of fused-ring (bicyclic) bond motifs is 1. The first-order valence-corrected chi connectivity index (χ1v) is 5.09. The van der Waals surface area contributed by atoms with Crippen LogP contribution in [-0.4, -0.2) is 22.4 Å². The first-order chi connectivity index (χ1) is 6.47.